The number of carboxylic acid groups (broad SMARTS) is 1. The van der Waals surface area contributed by atoms with E-state index >= 15 is 0 Å². The average molecular weight is 842 g/mol. The second kappa shape index (κ2) is 42.7. The third-order valence-electron chi connectivity index (χ3n) is 10.7. The fourth-order valence-electron chi connectivity index (χ4n) is 6.96. The molecular formula is C52H91NO7. The second-order valence-electron chi connectivity index (χ2n) is 17.4. The molecule has 0 amide bonds. The zero-order valence-electron chi connectivity index (χ0n) is 39.4. The molecule has 0 bridgehead atoms. The first-order chi connectivity index (χ1) is 29.1. The largest absolute Gasteiger partial charge is 0.544 e. The summed E-state index contributed by atoms with van der Waals surface area (Å²) >= 11 is 0. The van der Waals surface area contributed by atoms with E-state index < -0.39 is 18.1 Å². The summed E-state index contributed by atoms with van der Waals surface area (Å²) in [5.74, 6) is -1.77. The van der Waals surface area contributed by atoms with Crippen molar-refractivity contribution in [1.29, 1.82) is 0 Å². The highest BCUT2D eigenvalue weighted by Gasteiger charge is 2.25. The first kappa shape index (κ1) is 57.0. The Balaban J connectivity index is 4.30. The predicted molar refractivity (Wildman–Crippen MR) is 249 cm³/mol. The molecule has 0 aromatic heterocycles. The number of carbonyl (C=O) groups excluding carboxylic acids is 3. The minimum absolute atomic E-state index is 0.0294. The van der Waals surface area contributed by atoms with E-state index in [0.29, 0.717) is 12.8 Å². The molecule has 0 radical (unpaired) electrons. The molecule has 0 rings (SSSR count). The molecule has 0 fully saturated rings. The summed E-state index contributed by atoms with van der Waals surface area (Å²) in [5, 5.41) is 11.6. The van der Waals surface area contributed by atoms with Crippen LogP contribution >= 0.6 is 0 Å². The number of aliphatic carboxylic acids is 1. The molecule has 8 heteroatoms. The summed E-state index contributed by atoms with van der Waals surface area (Å²) < 4.78 is 17.2. The van der Waals surface area contributed by atoms with Gasteiger partial charge in [0.05, 0.1) is 40.3 Å². The number of ether oxygens (including phenoxy) is 3. The van der Waals surface area contributed by atoms with Gasteiger partial charge in [-0.3, -0.25) is 9.59 Å². The number of esters is 2. The number of allylic oxidation sites excluding steroid dienone is 10. The number of hydrogen-bond donors (Lipinski definition) is 0. The topological polar surface area (TPSA) is 102 Å². The summed E-state index contributed by atoms with van der Waals surface area (Å²) in [5.41, 5.74) is 0. The second-order valence-corrected chi connectivity index (χ2v) is 17.4. The van der Waals surface area contributed by atoms with Crippen molar-refractivity contribution in [3.8, 4) is 0 Å². The molecule has 8 nitrogen and oxygen atoms in total. The Bertz CT molecular complexity index is 1170. The summed E-state index contributed by atoms with van der Waals surface area (Å²) in [4.78, 5) is 36.9. The number of unbranched alkanes of at least 4 members (excludes halogenated alkanes) is 22. The van der Waals surface area contributed by atoms with Crippen LogP contribution < -0.4 is 5.11 Å². The number of carboxylic acids is 1. The molecular weight excluding hydrogens is 751 g/mol. The monoisotopic (exact) mass is 842 g/mol. The van der Waals surface area contributed by atoms with E-state index in [-0.39, 0.29) is 42.7 Å². The van der Waals surface area contributed by atoms with Crippen molar-refractivity contribution in [2.45, 2.75) is 212 Å². The molecule has 2 unspecified atom stereocenters. The van der Waals surface area contributed by atoms with Crippen LogP contribution in [-0.4, -0.2) is 75.5 Å². The lowest BCUT2D eigenvalue weighted by atomic mass is 10.1. The lowest BCUT2D eigenvalue weighted by Gasteiger charge is -2.34. The molecule has 0 aromatic carbocycles. The number of carbonyl (C=O) groups is 3. The van der Waals surface area contributed by atoms with Crippen LogP contribution in [0.1, 0.15) is 200 Å². The van der Waals surface area contributed by atoms with E-state index in [1.165, 1.54) is 103 Å². The number of nitrogens with zero attached hydrogens (tertiary/aromatic N) is 1. The lowest BCUT2D eigenvalue weighted by molar-refractivity contribution is -0.889. The van der Waals surface area contributed by atoms with Gasteiger partial charge in [-0.25, -0.2) is 0 Å². The smallest absolute Gasteiger partial charge is 0.306 e. The van der Waals surface area contributed by atoms with Crippen molar-refractivity contribution < 1.29 is 38.2 Å². The lowest BCUT2D eigenvalue weighted by Crippen LogP contribution is -2.55. The van der Waals surface area contributed by atoms with E-state index in [1.807, 2.05) is 24.3 Å². The standard InChI is InChI=1S/C52H91NO7/c1-6-8-10-12-14-16-18-20-22-23-24-25-26-27-29-31-33-35-37-39-41-43-51(55)60-48(46-58-45-44-49(52(56)57)53(3,4)5)47-59-50(54)42-40-38-36-34-32-30-28-21-19-17-15-13-11-9-7-2/h9,11,13,15,17,19,21,25-26,28,48-49H,6-8,10,12,14,16,18,20,22-24,27,29-47H2,1-5H3/b11-9+,15-13+,19-17+,26-25+,28-21+. The van der Waals surface area contributed by atoms with Gasteiger partial charge in [-0.15, -0.1) is 0 Å². The minimum Gasteiger partial charge on any atom is -0.544 e. The molecule has 0 aliphatic rings. The molecule has 0 aliphatic carbocycles. The molecule has 0 saturated heterocycles. The van der Waals surface area contributed by atoms with Crippen LogP contribution in [0.4, 0.5) is 0 Å². The van der Waals surface area contributed by atoms with Gasteiger partial charge in [0.25, 0.3) is 0 Å². The van der Waals surface area contributed by atoms with Crippen molar-refractivity contribution in [3.63, 3.8) is 0 Å². The van der Waals surface area contributed by atoms with Gasteiger partial charge in [0, 0.05) is 19.3 Å². The first-order valence-electron chi connectivity index (χ1n) is 24.4. The van der Waals surface area contributed by atoms with Crippen LogP contribution in [0.3, 0.4) is 0 Å². The van der Waals surface area contributed by atoms with Crippen molar-refractivity contribution in [3.05, 3.63) is 60.8 Å². The quantitative estimate of drug-likeness (QED) is 0.0198. The van der Waals surface area contributed by atoms with Crippen LogP contribution in [0.15, 0.2) is 60.8 Å². The molecule has 0 aromatic rings. The predicted octanol–water partition coefficient (Wildman–Crippen LogP) is 12.4. The fourth-order valence-corrected chi connectivity index (χ4v) is 6.96. The van der Waals surface area contributed by atoms with Crippen LogP contribution in [0.2, 0.25) is 0 Å². The number of quaternary nitrogens is 1. The van der Waals surface area contributed by atoms with Crippen molar-refractivity contribution in [2.24, 2.45) is 0 Å². The normalized spacial score (nSPS) is 13.4. The third kappa shape index (κ3) is 40.4. The third-order valence-corrected chi connectivity index (χ3v) is 10.7. The highest BCUT2D eigenvalue weighted by atomic mass is 16.6. The van der Waals surface area contributed by atoms with Crippen LogP contribution in [0.5, 0.6) is 0 Å². The molecule has 0 aliphatic heterocycles. The van der Waals surface area contributed by atoms with E-state index in [1.54, 1.807) is 21.1 Å². The highest BCUT2D eigenvalue weighted by molar-refractivity contribution is 5.70. The minimum atomic E-state index is -1.13. The SMILES string of the molecule is CC/C=C/C=C/C=C/C=C/CCCCCCCC(=O)OCC(COCCC(C(=O)[O-])[N+](C)(C)C)OC(=O)CCCCCCCCC/C=C/CCCCCCCCCCCC. The Morgan fingerprint density at radius 1 is 0.517 bits per heavy atom. The highest BCUT2D eigenvalue weighted by Crippen LogP contribution is 2.15. The van der Waals surface area contributed by atoms with Crippen LogP contribution in [-0.2, 0) is 28.6 Å². The van der Waals surface area contributed by atoms with Gasteiger partial charge in [-0.2, -0.15) is 0 Å². The molecule has 346 valence electrons. The van der Waals surface area contributed by atoms with Crippen LogP contribution in [0.25, 0.3) is 0 Å². The van der Waals surface area contributed by atoms with Gasteiger partial charge in [0.15, 0.2) is 6.10 Å². The van der Waals surface area contributed by atoms with Gasteiger partial charge in [-0.05, 0) is 57.8 Å². The van der Waals surface area contributed by atoms with E-state index in [4.69, 9.17) is 14.2 Å². The summed E-state index contributed by atoms with van der Waals surface area (Å²) in [7, 11) is 5.40. The zero-order valence-corrected chi connectivity index (χ0v) is 39.4. The molecule has 0 spiro atoms. The number of hydrogen-bond acceptors (Lipinski definition) is 7. The summed E-state index contributed by atoms with van der Waals surface area (Å²) in [6, 6.07) is -0.732. The Labute approximate surface area is 368 Å². The Kier molecular flexibility index (Phi) is 40.6. The van der Waals surface area contributed by atoms with E-state index in [0.717, 1.165) is 64.2 Å². The number of likely N-dealkylation sites (N-methyl/N-ethyl adjacent to an activating group) is 1. The summed E-state index contributed by atoms with van der Waals surface area (Å²) in [6.07, 6.45) is 52.5. The first-order valence-corrected chi connectivity index (χ1v) is 24.4. The molecule has 60 heavy (non-hydrogen) atoms. The molecule has 0 heterocycles. The van der Waals surface area contributed by atoms with E-state index in [9.17, 15) is 19.5 Å². The van der Waals surface area contributed by atoms with Crippen LogP contribution in [0, 0.1) is 0 Å². The maximum absolute atomic E-state index is 12.8. The van der Waals surface area contributed by atoms with Gasteiger partial charge < -0.3 is 28.6 Å². The average Bonchev–Trinajstić information content (AvgIpc) is 3.21. The zero-order chi connectivity index (χ0) is 44.2. The molecule has 0 N–H and O–H groups in total. The van der Waals surface area contributed by atoms with Crippen molar-refractivity contribution in [1.82, 2.24) is 0 Å². The van der Waals surface area contributed by atoms with Crippen molar-refractivity contribution >= 4 is 17.9 Å². The fraction of sp³-hybridized carbons (Fsp3) is 0.750. The van der Waals surface area contributed by atoms with E-state index in [2.05, 4.69) is 50.3 Å². The molecule has 2 atom stereocenters. The van der Waals surface area contributed by atoms with Gasteiger partial charge in [-0.1, -0.05) is 184 Å². The maximum atomic E-state index is 12.8. The Morgan fingerprint density at radius 2 is 0.950 bits per heavy atom. The Morgan fingerprint density at radius 3 is 1.43 bits per heavy atom. The van der Waals surface area contributed by atoms with Gasteiger partial charge >= 0.3 is 11.9 Å². The van der Waals surface area contributed by atoms with Gasteiger partial charge in [0.2, 0.25) is 0 Å². The van der Waals surface area contributed by atoms with Gasteiger partial charge in [0.1, 0.15) is 12.6 Å². The van der Waals surface area contributed by atoms with Crippen molar-refractivity contribution in [2.75, 3.05) is 41.0 Å². The number of rotatable bonds is 43. The Hall–Kier alpha value is -2.97. The summed E-state index contributed by atoms with van der Waals surface area (Å²) in [6.45, 7) is 4.50. The maximum Gasteiger partial charge on any atom is 0.306 e. The molecule has 0 saturated carbocycles.